The first kappa shape index (κ1) is 17.5. The Bertz CT molecular complexity index is 656. The Morgan fingerprint density at radius 1 is 1.28 bits per heavy atom. The molecule has 3 rings (SSSR count). The summed E-state index contributed by atoms with van der Waals surface area (Å²) in [5.41, 5.74) is 0.986. The van der Waals surface area contributed by atoms with Crippen LogP contribution in [0.5, 0.6) is 0 Å². The molecule has 25 heavy (non-hydrogen) atoms. The summed E-state index contributed by atoms with van der Waals surface area (Å²) in [6.45, 7) is 3.87. The zero-order valence-corrected chi connectivity index (χ0v) is 14.0. The van der Waals surface area contributed by atoms with Gasteiger partial charge in [0.15, 0.2) is 0 Å². The number of benzene rings is 1. The van der Waals surface area contributed by atoms with Gasteiger partial charge in [0.2, 0.25) is 5.91 Å². The van der Waals surface area contributed by atoms with Crippen molar-refractivity contribution < 1.29 is 13.9 Å². The molecule has 1 N–H and O–H groups in total. The fraction of sp³-hybridized carbons (Fsp3) is 0.471. The van der Waals surface area contributed by atoms with E-state index in [1.54, 1.807) is 23.1 Å². The van der Waals surface area contributed by atoms with Crippen LogP contribution in [0.1, 0.15) is 18.0 Å². The number of ether oxygens (including phenoxy) is 1. The SMILES string of the molecule is O=C(CCn1cncn1)NC[C@@H](c1ccc(F)cc1)N1CCOCC1. The summed E-state index contributed by atoms with van der Waals surface area (Å²) in [5.74, 6) is -0.308. The summed E-state index contributed by atoms with van der Waals surface area (Å²) in [7, 11) is 0. The third-order valence-electron chi connectivity index (χ3n) is 4.27. The summed E-state index contributed by atoms with van der Waals surface area (Å²) in [5, 5.41) is 6.96. The molecule has 0 saturated carbocycles. The van der Waals surface area contributed by atoms with Crippen LogP contribution in [0.3, 0.4) is 0 Å². The lowest BCUT2D eigenvalue weighted by Crippen LogP contribution is -2.43. The van der Waals surface area contributed by atoms with E-state index in [4.69, 9.17) is 4.74 Å². The number of aromatic nitrogens is 3. The van der Waals surface area contributed by atoms with Crippen LogP contribution in [-0.2, 0) is 16.1 Å². The number of hydrogen-bond acceptors (Lipinski definition) is 5. The maximum atomic E-state index is 13.2. The third-order valence-corrected chi connectivity index (χ3v) is 4.27. The first-order valence-corrected chi connectivity index (χ1v) is 8.39. The number of aryl methyl sites for hydroxylation is 1. The minimum Gasteiger partial charge on any atom is -0.379 e. The van der Waals surface area contributed by atoms with Crippen molar-refractivity contribution in [2.24, 2.45) is 0 Å². The number of halogens is 1. The normalized spacial score (nSPS) is 16.5. The molecule has 1 aliphatic rings. The van der Waals surface area contributed by atoms with E-state index in [0.717, 1.165) is 18.7 Å². The number of hydrogen-bond donors (Lipinski definition) is 1. The zero-order chi connectivity index (χ0) is 17.5. The molecule has 1 fully saturated rings. The molecule has 2 aromatic rings. The van der Waals surface area contributed by atoms with Gasteiger partial charge in [0.25, 0.3) is 0 Å². The first-order chi connectivity index (χ1) is 12.2. The van der Waals surface area contributed by atoms with Crippen LogP contribution in [0.25, 0.3) is 0 Å². The Balaban J connectivity index is 1.58. The number of carbonyl (C=O) groups is 1. The van der Waals surface area contributed by atoms with Gasteiger partial charge in [-0.1, -0.05) is 12.1 Å². The van der Waals surface area contributed by atoms with Crippen LogP contribution < -0.4 is 5.32 Å². The molecule has 1 aliphatic heterocycles. The smallest absolute Gasteiger partial charge is 0.221 e. The quantitative estimate of drug-likeness (QED) is 0.809. The summed E-state index contributed by atoms with van der Waals surface area (Å²) >= 11 is 0. The Kier molecular flexibility index (Phi) is 6.08. The highest BCUT2D eigenvalue weighted by molar-refractivity contribution is 5.75. The number of carbonyl (C=O) groups excluding carboxylic acids is 1. The van der Waals surface area contributed by atoms with Crippen LogP contribution in [0, 0.1) is 5.82 Å². The molecule has 134 valence electrons. The summed E-state index contributed by atoms with van der Waals surface area (Å²) in [6.07, 6.45) is 3.37. The van der Waals surface area contributed by atoms with Crippen molar-refractivity contribution >= 4 is 5.91 Å². The summed E-state index contributed by atoms with van der Waals surface area (Å²) in [6, 6.07) is 6.46. The molecule has 0 bridgehead atoms. The lowest BCUT2D eigenvalue weighted by atomic mass is 10.0. The molecule has 1 aromatic heterocycles. The van der Waals surface area contributed by atoms with E-state index >= 15 is 0 Å². The van der Waals surface area contributed by atoms with Gasteiger partial charge in [0, 0.05) is 26.1 Å². The minimum atomic E-state index is -0.263. The number of nitrogens with one attached hydrogen (secondary N) is 1. The number of amides is 1. The average Bonchev–Trinajstić information content (AvgIpc) is 3.16. The Morgan fingerprint density at radius 3 is 2.72 bits per heavy atom. The van der Waals surface area contributed by atoms with E-state index in [2.05, 4.69) is 20.3 Å². The van der Waals surface area contributed by atoms with Gasteiger partial charge in [-0.15, -0.1) is 0 Å². The van der Waals surface area contributed by atoms with E-state index in [0.29, 0.717) is 32.7 Å². The van der Waals surface area contributed by atoms with Gasteiger partial charge in [0.1, 0.15) is 18.5 Å². The second-order valence-corrected chi connectivity index (χ2v) is 5.93. The predicted molar refractivity (Wildman–Crippen MR) is 89.2 cm³/mol. The molecule has 7 nitrogen and oxygen atoms in total. The minimum absolute atomic E-state index is 0.000167. The molecule has 1 amide bonds. The second kappa shape index (κ2) is 8.68. The van der Waals surface area contributed by atoms with E-state index in [9.17, 15) is 9.18 Å². The Morgan fingerprint density at radius 2 is 2.04 bits per heavy atom. The molecule has 2 heterocycles. The fourth-order valence-electron chi connectivity index (χ4n) is 2.90. The molecular weight excluding hydrogens is 325 g/mol. The van der Waals surface area contributed by atoms with E-state index in [1.165, 1.54) is 18.5 Å². The zero-order valence-electron chi connectivity index (χ0n) is 14.0. The van der Waals surface area contributed by atoms with Gasteiger partial charge in [-0.25, -0.2) is 9.37 Å². The maximum absolute atomic E-state index is 13.2. The molecule has 8 heteroatoms. The van der Waals surface area contributed by atoms with Crippen molar-refractivity contribution in [1.29, 1.82) is 0 Å². The summed E-state index contributed by atoms with van der Waals surface area (Å²) < 4.78 is 20.3. The van der Waals surface area contributed by atoms with Crippen LogP contribution >= 0.6 is 0 Å². The van der Waals surface area contributed by atoms with Gasteiger partial charge >= 0.3 is 0 Å². The van der Waals surface area contributed by atoms with Crippen molar-refractivity contribution in [3.8, 4) is 0 Å². The molecular formula is C17H22FN5O2. The topological polar surface area (TPSA) is 72.3 Å². The number of nitrogens with zero attached hydrogens (tertiary/aromatic N) is 4. The highest BCUT2D eigenvalue weighted by Crippen LogP contribution is 2.21. The largest absolute Gasteiger partial charge is 0.379 e. The molecule has 1 saturated heterocycles. The van der Waals surface area contributed by atoms with Crippen LogP contribution in [-0.4, -0.2) is 58.4 Å². The van der Waals surface area contributed by atoms with Crippen molar-refractivity contribution in [3.63, 3.8) is 0 Å². The van der Waals surface area contributed by atoms with Gasteiger partial charge in [-0.3, -0.25) is 14.4 Å². The third kappa shape index (κ3) is 5.07. The standard InChI is InChI=1S/C17H22FN5O2/c18-15-3-1-14(2-4-15)16(22-7-9-25-10-8-22)11-20-17(24)5-6-23-13-19-12-21-23/h1-4,12-13,16H,5-11H2,(H,20,24)/t16-/m0/s1. The molecule has 0 spiro atoms. The molecule has 0 radical (unpaired) electrons. The van der Waals surface area contributed by atoms with E-state index < -0.39 is 0 Å². The van der Waals surface area contributed by atoms with E-state index in [1.807, 2.05) is 0 Å². The fourth-order valence-corrected chi connectivity index (χ4v) is 2.90. The number of rotatable bonds is 7. The number of morpholine rings is 1. The van der Waals surface area contributed by atoms with Crippen molar-refractivity contribution in [2.45, 2.75) is 19.0 Å². The van der Waals surface area contributed by atoms with Crippen molar-refractivity contribution in [2.75, 3.05) is 32.8 Å². The monoisotopic (exact) mass is 347 g/mol. The van der Waals surface area contributed by atoms with Gasteiger partial charge < -0.3 is 10.1 Å². The van der Waals surface area contributed by atoms with Crippen molar-refractivity contribution in [3.05, 3.63) is 48.3 Å². The van der Waals surface area contributed by atoms with Gasteiger partial charge in [0.05, 0.1) is 25.8 Å². The highest BCUT2D eigenvalue weighted by atomic mass is 19.1. The van der Waals surface area contributed by atoms with Crippen molar-refractivity contribution in [1.82, 2.24) is 25.0 Å². The van der Waals surface area contributed by atoms with E-state index in [-0.39, 0.29) is 17.8 Å². The first-order valence-electron chi connectivity index (χ1n) is 8.39. The van der Waals surface area contributed by atoms with Gasteiger partial charge in [-0.2, -0.15) is 5.10 Å². The predicted octanol–water partition coefficient (Wildman–Crippen LogP) is 0.997. The Labute approximate surface area is 145 Å². The molecule has 0 unspecified atom stereocenters. The molecule has 1 aromatic carbocycles. The van der Waals surface area contributed by atoms with Crippen LogP contribution in [0.2, 0.25) is 0 Å². The lowest BCUT2D eigenvalue weighted by Gasteiger charge is -2.35. The lowest BCUT2D eigenvalue weighted by molar-refractivity contribution is -0.121. The second-order valence-electron chi connectivity index (χ2n) is 5.93. The molecule has 1 atom stereocenters. The summed E-state index contributed by atoms with van der Waals surface area (Å²) in [4.78, 5) is 18.2. The highest BCUT2D eigenvalue weighted by Gasteiger charge is 2.23. The Hall–Kier alpha value is -2.32. The van der Waals surface area contributed by atoms with Gasteiger partial charge in [-0.05, 0) is 17.7 Å². The molecule has 0 aliphatic carbocycles. The maximum Gasteiger partial charge on any atom is 0.221 e. The van der Waals surface area contributed by atoms with Crippen LogP contribution in [0.4, 0.5) is 4.39 Å². The van der Waals surface area contributed by atoms with Crippen LogP contribution in [0.15, 0.2) is 36.9 Å². The average molecular weight is 347 g/mol.